The molecule has 1 aromatic carbocycles. The Morgan fingerprint density at radius 1 is 1.16 bits per heavy atom. The van der Waals surface area contributed by atoms with Gasteiger partial charge in [0.05, 0.1) is 0 Å². The van der Waals surface area contributed by atoms with Gasteiger partial charge in [0.1, 0.15) is 0 Å². The van der Waals surface area contributed by atoms with E-state index < -0.39 is 0 Å². The molecule has 19 heavy (non-hydrogen) atoms. The number of hydrogen-bond acceptors (Lipinski definition) is 1. The van der Waals surface area contributed by atoms with Crippen LogP contribution < -0.4 is 5.32 Å². The van der Waals surface area contributed by atoms with Crippen molar-refractivity contribution in [2.24, 2.45) is 5.92 Å². The highest BCUT2D eigenvalue weighted by atomic mass is 14.9. The van der Waals surface area contributed by atoms with E-state index in [9.17, 15) is 0 Å². The lowest BCUT2D eigenvalue weighted by atomic mass is 9.71. The molecule has 0 amide bonds. The predicted molar refractivity (Wildman–Crippen MR) is 81.4 cm³/mol. The second-order valence-corrected chi connectivity index (χ2v) is 7.10. The Balaban J connectivity index is 1.66. The summed E-state index contributed by atoms with van der Waals surface area (Å²) < 4.78 is 0. The lowest BCUT2D eigenvalue weighted by Crippen LogP contribution is -2.33. The molecule has 1 fully saturated rings. The Labute approximate surface area is 117 Å². The van der Waals surface area contributed by atoms with Gasteiger partial charge in [-0.1, -0.05) is 57.4 Å². The highest BCUT2D eigenvalue weighted by molar-refractivity contribution is 5.38. The average Bonchev–Trinajstić information content (AvgIpc) is 2.35. The van der Waals surface area contributed by atoms with Crippen molar-refractivity contribution in [3.63, 3.8) is 0 Å². The van der Waals surface area contributed by atoms with Crippen LogP contribution in [0.25, 0.3) is 0 Å². The summed E-state index contributed by atoms with van der Waals surface area (Å²) >= 11 is 0. The van der Waals surface area contributed by atoms with Crippen molar-refractivity contribution in [3.8, 4) is 0 Å². The van der Waals surface area contributed by atoms with Crippen molar-refractivity contribution in [1.29, 1.82) is 0 Å². The Hall–Kier alpha value is -0.820. The van der Waals surface area contributed by atoms with Crippen LogP contribution in [-0.2, 0) is 5.41 Å². The molecule has 2 aliphatic carbocycles. The first-order valence-electron chi connectivity index (χ1n) is 7.99. The molecular formula is C18H27N. The fraction of sp³-hybridized carbons (Fsp3) is 0.667. The van der Waals surface area contributed by atoms with E-state index in [1.54, 1.807) is 11.1 Å². The summed E-state index contributed by atoms with van der Waals surface area (Å²) in [5, 5.41) is 3.81. The molecule has 1 N–H and O–H groups in total. The van der Waals surface area contributed by atoms with E-state index in [-0.39, 0.29) is 0 Å². The van der Waals surface area contributed by atoms with Gasteiger partial charge in [-0.05, 0) is 48.3 Å². The van der Waals surface area contributed by atoms with Gasteiger partial charge in [0.25, 0.3) is 0 Å². The molecule has 104 valence electrons. The number of benzene rings is 1. The molecule has 0 spiro atoms. The molecule has 0 radical (unpaired) electrons. The number of nitrogens with one attached hydrogen (secondary N) is 1. The third-order valence-corrected chi connectivity index (χ3v) is 5.29. The first-order chi connectivity index (χ1) is 9.17. The van der Waals surface area contributed by atoms with Crippen LogP contribution in [0.2, 0.25) is 0 Å². The molecule has 1 unspecified atom stereocenters. The maximum Gasteiger partial charge on any atom is 0.0323 e. The average molecular weight is 257 g/mol. The quantitative estimate of drug-likeness (QED) is 0.832. The van der Waals surface area contributed by atoms with Gasteiger partial charge < -0.3 is 5.32 Å². The molecule has 1 heteroatoms. The van der Waals surface area contributed by atoms with E-state index in [1.165, 1.54) is 45.1 Å². The van der Waals surface area contributed by atoms with Gasteiger partial charge in [-0.15, -0.1) is 0 Å². The second-order valence-electron chi connectivity index (χ2n) is 7.10. The molecule has 1 saturated carbocycles. The Morgan fingerprint density at radius 3 is 2.68 bits per heavy atom. The summed E-state index contributed by atoms with van der Waals surface area (Å²) in [5.41, 5.74) is 3.46. The molecule has 1 atom stereocenters. The molecule has 0 aromatic heterocycles. The highest BCUT2D eigenvalue weighted by Gasteiger charge is 2.31. The fourth-order valence-electron chi connectivity index (χ4n) is 3.67. The van der Waals surface area contributed by atoms with E-state index in [0.717, 1.165) is 5.92 Å². The molecule has 0 heterocycles. The van der Waals surface area contributed by atoms with E-state index in [4.69, 9.17) is 0 Å². The van der Waals surface area contributed by atoms with Crippen LogP contribution in [0.15, 0.2) is 24.3 Å². The lowest BCUT2D eigenvalue weighted by Gasteiger charge is -2.38. The topological polar surface area (TPSA) is 12.0 Å². The highest BCUT2D eigenvalue weighted by Crippen LogP contribution is 2.41. The smallest absolute Gasteiger partial charge is 0.0323 e. The summed E-state index contributed by atoms with van der Waals surface area (Å²) in [6.07, 6.45) is 8.36. The second kappa shape index (κ2) is 5.28. The van der Waals surface area contributed by atoms with Crippen molar-refractivity contribution >= 4 is 0 Å². The molecule has 3 rings (SSSR count). The van der Waals surface area contributed by atoms with Crippen LogP contribution in [0.4, 0.5) is 0 Å². The monoisotopic (exact) mass is 257 g/mol. The summed E-state index contributed by atoms with van der Waals surface area (Å²) in [4.78, 5) is 0. The first-order valence-corrected chi connectivity index (χ1v) is 7.99. The van der Waals surface area contributed by atoms with Gasteiger partial charge in [0.2, 0.25) is 0 Å². The minimum absolute atomic E-state index is 0.350. The van der Waals surface area contributed by atoms with E-state index >= 15 is 0 Å². The maximum absolute atomic E-state index is 3.81. The summed E-state index contributed by atoms with van der Waals surface area (Å²) in [7, 11) is 0. The van der Waals surface area contributed by atoms with Gasteiger partial charge in [-0.3, -0.25) is 0 Å². The van der Waals surface area contributed by atoms with E-state index in [2.05, 4.69) is 43.4 Å². The zero-order valence-corrected chi connectivity index (χ0v) is 12.4. The van der Waals surface area contributed by atoms with Crippen LogP contribution in [0, 0.1) is 5.92 Å². The van der Waals surface area contributed by atoms with Crippen LogP contribution in [-0.4, -0.2) is 6.54 Å². The molecule has 0 saturated heterocycles. The molecule has 1 aromatic rings. The van der Waals surface area contributed by atoms with Crippen molar-refractivity contribution in [2.45, 2.75) is 63.8 Å². The van der Waals surface area contributed by atoms with Crippen molar-refractivity contribution in [3.05, 3.63) is 35.4 Å². The Morgan fingerprint density at radius 2 is 1.95 bits per heavy atom. The fourth-order valence-corrected chi connectivity index (χ4v) is 3.67. The maximum atomic E-state index is 3.81. The van der Waals surface area contributed by atoms with Crippen LogP contribution in [0.3, 0.4) is 0 Å². The van der Waals surface area contributed by atoms with Crippen molar-refractivity contribution in [2.75, 3.05) is 6.54 Å². The van der Waals surface area contributed by atoms with Crippen molar-refractivity contribution in [1.82, 2.24) is 5.32 Å². The SMILES string of the molecule is CC1(C)CCC(NCCC2CCC2)c2ccccc21. The van der Waals surface area contributed by atoms with Gasteiger partial charge in [-0.25, -0.2) is 0 Å². The molecule has 0 aliphatic heterocycles. The zero-order chi connectivity index (χ0) is 13.3. The minimum atomic E-state index is 0.350. The summed E-state index contributed by atoms with van der Waals surface area (Å²) in [5.74, 6) is 1.02. The van der Waals surface area contributed by atoms with Gasteiger partial charge in [-0.2, -0.15) is 0 Å². The zero-order valence-electron chi connectivity index (χ0n) is 12.4. The first kappa shape index (κ1) is 13.2. The summed E-state index contributed by atoms with van der Waals surface area (Å²) in [6, 6.07) is 9.63. The largest absolute Gasteiger partial charge is 0.310 e. The summed E-state index contributed by atoms with van der Waals surface area (Å²) in [6.45, 7) is 5.97. The van der Waals surface area contributed by atoms with Gasteiger partial charge in [0, 0.05) is 6.04 Å². The lowest BCUT2D eigenvalue weighted by molar-refractivity contribution is 0.279. The van der Waals surface area contributed by atoms with Crippen LogP contribution >= 0.6 is 0 Å². The third kappa shape index (κ3) is 2.72. The van der Waals surface area contributed by atoms with E-state index in [0.29, 0.717) is 11.5 Å². The predicted octanol–water partition coefficient (Wildman–Crippen LogP) is 4.58. The minimum Gasteiger partial charge on any atom is -0.310 e. The third-order valence-electron chi connectivity index (χ3n) is 5.29. The van der Waals surface area contributed by atoms with Gasteiger partial charge >= 0.3 is 0 Å². The van der Waals surface area contributed by atoms with Gasteiger partial charge in [0.15, 0.2) is 0 Å². The Bertz CT molecular complexity index is 431. The standard InChI is InChI=1S/C18H27N/c1-18(2)12-10-17(15-8-3-4-9-16(15)18)19-13-11-14-6-5-7-14/h3-4,8-9,14,17,19H,5-7,10-13H2,1-2H3. The molecule has 1 nitrogen and oxygen atoms in total. The normalized spacial score (nSPS) is 25.7. The number of fused-ring (bicyclic) bond motifs is 1. The number of hydrogen-bond donors (Lipinski definition) is 1. The number of rotatable bonds is 4. The van der Waals surface area contributed by atoms with Crippen molar-refractivity contribution < 1.29 is 0 Å². The molecular weight excluding hydrogens is 230 g/mol. The molecule has 0 bridgehead atoms. The van der Waals surface area contributed by atoms with E-state index in [1.807, 2.05) is 0 Å². The van der Waals surface area contributed by atoms with Crippen LogP contribution in [0.5, 0.6) is 0 Å². The molecule has 2 aliphatic rings. The Kier molecular flexibility index (Phi) is 3.66. The van der Waals surface area contributed by atoms with Crippen LogP contribution in [0.1, 0.15) is 69.5 Å².